The summed E-state index contributed by atoms with van der Waals surface area (Å²) in [5.74, 6) is 0.0000604. The minimum Gasteiger partial charge on any atom is -0.326 e. The number of halogens is 1. The number of benzene rings is 3. The van der Waals surface area contributed by atoms with Gasteiger partial charge in [-0.1, -0.05) is 78.3 Å². The molecule has 4 heteroatoms. The fourth-order valence-electron chi connectivity index (χ4n) is 3.11. The Labute approximate surface area is 165 Å². The first-order chi connectivity index (χ1) is 13.1. The summed E-state index contributed by atoms with van der Waals surface area (Å²) in [7, 11) is 2.00. The van der Waals surface area contributed by atoms with Crippen LogP contribution in [0.4, 0.5) is 5.69 Å². The molecule has 27 heavy (non-hydrogen) atoms. The van der Waals surface area contributed by atoms with Gasteiger partial charge in [0, 0.05) is 16.3 Å². The van der Waals surface area contributed by atoms with E-state index in [0.29, 0.717) is 13.1 Å². The third-order valence-corrected chi connectivity index (χ3v) is 4.81. The second kappa shape index (κ2) is 9.36. The van der Waals surface area contributed by atoms with Gasteiger partial charge in [0.05, 0.1) is 7.05 Å². The topological polar surface area (TPSA) is 33.5 Å². The van der Waals surface area contributed by atoms with Crippen LogP contribution in [0.5, 0.6) is 0 Å². The molecule has 1 atom stereocenters. The zero-order valence-electron chi connectivity index (χ0n) is 15.4. The van der Waals surface area contributed by atoms with Crippen LogP contribution in [0.3, 0.4) is 0 Å². The molecule has 0 radical (unpaired) electrons. The molecule has 0 spiro atoms. The quantitative estimate of drug-likeness (QED) is 0.646. The number of hydrogen-bond donors (Lipinski definition) is 2. The number of nitrogens with one attached hydrogen (secondary N) is 2. The van der Waals surface area contributed by atoms with Crippen LogP contribution in [-0.2, 0) is 17.8 Å². The van der Waals surface area contributed by atoms with E-state index in [2.05, 4.69) is 23.5 Å². The molecular weight excluding hydrogens is 356 g/mol. The second-order valence-electron chi connectivity index (χ2n) is 6.77. The summed E-state index contributed by atoms with van der Waals surface area (Å²) in [6.45, 7) is 1.09. The van der Waals surface area contributed by atoms with Crippen molar-refractivity contribution in [1.29, 1.82) is 0 Å². The molecule has 0 fully saturated rings. The number of carbonyl (C=O) groups excluding carboxylic acids is 1. The Balaban J connectivity index is 1.61. The Hall–Kier alpha value is -2.62. The number of likely N-dealkylation sites (N-methyl/N-ethyl adjacent to an activating group) is 1. The fourth-order valence-corrected chi connectivity index (χ4v) is 3.31. The van der Waals surface area contributed by atoms with E-state index >= 15 is 0 Å². The third-order valence-electron chi connectivity index (χ3n) is 4.44. The Bertz CT molecular complexity index is 896. The molecule has 0 bridgehead atoms. The molecule has 0 aliphatic carbocycles. The van der Waals surface area contributed by atoms with Crippen molar-refractivity contribution in [3.8, 4) is 0 Å². The molecule has 3 nitrogen and oxygen atoms in total. The molecule has 1 amide bonds. The molecule has 0 saturated carbocycles. The zero-order chi connectivity index (χ0) is 19.1. The molecular formula is C23H24ClN2O+. The Morgan fingerprint density at radius 3 is 2.26 bits per heavy atom. The van der Waals surface area contributed by atoms with Crippen LogP contribution >= 0.6 is 11.6 Å². The van der Waals surface area contributed by atoms with Gasteiger partial charge in [0.2, 0.25) is 0 Å². The minimum absolute atomic E-state index is 0.0000604. The highest BCUT2D eigenvalue weighted by Gasteiger charge is 2.14. The van der Waals surface area contributed by atoms with Gasteiger partial charge in [0.1, 0.15) is 6.54 Å². The van der Waals surface area contributed by atoms with Crippen molar-refractivity contribution in [1.82, 2.24) is 0 Å². The van der Waals surface area contributed by atoms with Crippen LogP contribution in [-0.4, -0.2) is 19.5 Å². The molecule has 3 aromatic carbocycles. The summed E-state index contributed by atoms with van der Waals surface area (Å²) >= 11 is 6.22. The highest BCUT2D eigenvalue weighted by Crippen LogP contribution is 2.19. The highest BCUT2D eigenvalue weighted by atomic mass is 35.5. The molecule has 3 aromatic rings. The Kier molecular flexibility index (Phi) is 6.64. The van der Waals surface area contributed by atoms with Crippen molar-refractivity contribution in [3.63, 3.8) is 0 Å². The van der Waals surface area contributed by atoms with Gasteiger partial charge in [0.15, 0.2) is 6.54 Å². The fraction of sp³-hybridized carbons (Fsp3) is 0.174. The molecule has 0 aliphatic rings. The number of quaternary nitrogens is 1. The van der Waals surface area contributed by atoms with E-state index < -0.39 is 0 Å². The lowest BCUT2D eigenvalue weighted by Gasteiger charge is -2.16. The predicted molar refractivity (Wildman–Crippen MR) is 111 cm³/mol. The zero-order valence-corrected chi connectivity index (χ0v) is 16.2. The summed E-state index contributed by atoms with van der Waals surface area (Å²) < 4.78 is 0. The van der Waals surface area contributed by atoms with Gasteiger partial charge in [-0.05, 0) is 29.7 Å². The maximum absolute atomic E-state index is 12.5. The Morgan fingerprint density at radius 2 is 1.52 bits per heavy atom. The summed E-state index contributed by atoms with van der Waals surface area (Å²) in [5.41, 5.74) is 4.26. The number of anilines is 1. The van der Waals surface area contributed by atoms with E-state index in [-0.39, 0.29) is 5.91 Å². The first-order valence-corrected chi connectivity index (χ1v) is 9.46. The van der Waals surface area contributed by atoms with E-state index in [4.69, 9.17) is 11.6 Å². The highest BCUT2D eigenvalue weighted by molar-refractivity contribution is 6.31. The minimum atomic E-state index is 0.0000604. The number of carbonyl (C=O) groups is 1. The molecule has 0 aromatic heterocycles. The number of para-hydroxylation sites is 1. The lowest BCUT2D eigenvalue weighted by atomic mass is 10.0. The third kappa shape index (κ3) is 5.68. The molecule has 3 rings (SSSR count). The van der Waals surface area contributed by atoms with Crippen molar-refractivity contribution in [3.05, 3.63) is 101 Å². The van der Waals surface area contributed by atoms with Gasteiger partial charge < -0.3 is 10.2 Å². The van der Waals surface area contributed by atoms with Gasteiger partial charge in [0.25, 0.3) is 5.91 Å². The lowest BCUT2D eigenvalue weighted by Crippen LogP contribution is -3.08. The molecule has 1 unspecified atom stereocenters. The normalized spacial score (nSPS) is 11.8. The SMILES string of the molecule is C[NH+](CC(=O)Nc1ccccc1Cc1ccccc1)Cc1ccccc1Cl. The first-order valence-electron chi connectivity index (χ1n) is 9.08. The van der Waals surface area contributed by atoms with Crippen LogP contribution in [0.2, 0.25) is 5.02 Å². The number of rotatable bonds is 7. The van der Waals surface area contributed by atoms with Gasteiger partial charge in [-0.15, -0.1) is 0 Å². The van der Waals surface area contributed by atoms with Crippen LogP contribution in [0.25, 0.3) is 0 Å². The van der Waals surface area contributed by atoms with Crippen molar-refractivity contribution in [2.24, 2.45) is 0 Å². The van der Waals surface area contributed by atoms with E-state index in [0.717, 1.165) is 33.2 Å². The van der Waals surface area contributed by atoms with Crippen LogP contribution in [0.1, 0.15) is 16.7 Å². The lowest BCUT2D eigenvalue weighted by molar-refractivity contribution is -0.885. The molecule has 138 valence electrons. The average Bonchev–Trinajstić information content (AvgIpc) is 2.66. The van der Waals surface area contributed by atoms with Gasteiger partial charge in [-0.25, -0.2) is 0 Å². The summed E-state index contributed by atoms with van der Waals surface area (Å²) in [6.07, 6.45) is 0.791. The standard InChI is InChI=1S/C23H23ClN2O/c1-26(16-20-12-5-7-13-21(20)24)17-23(27)25-22-14-8-6-11-19(22)15-18-9-3-2-4-10-18/h2-14H,15-17H2,1H3,(H,25,27)/p+1. The second-order valence-corrected chi connectivity index (χ2v) is 7.18. The maximum atomic E-state index is 12.5. The Morgan fingerprint density at radius 1 is 0.889 bits per heavy atom. The van der Waals surface area contributed by atoms with Gasteiger partial charge in [-0.2, -0.15) is 0 Å². The van der Waals surface area contributed by atoms with Gasteiger partial charge in [-0.3, -0.25) is 4.79 Å². The van der Waals surface area contributed by atoms with Crippen LogP contribution in [0, 0.1) is 0 Å². The largest absolute Gasteiger partial charge is 0.326 e. The summed E-state index contributed by atoms with van der Waals surface area (Å²) in [5, 5.41) is 3.81. The smallest absolute Gasteiger partial charge is 0.279 e. The van der Waals surface area contributed by atoms with E-state index in [1.807, 2.05) is 67.7 Å². The van der Waals surface area contributed by atoms with E-state index in [1.165, 1.54) is 5.56 Å². The monoisotopic (exact) mass is 379 g/mol. The first kappa shape index (κ1) is 19.2. The summed E-state index contributed by atoms with van der Waals surface area (Å²) in [6, 6.07) is 26.0. The number of hydrogen-bond acceptors (Lipinski definition) is 1. The molecule has 0 saturated heterocycles. The van der Waals surface area contributed by atoms with Crippen LogP contribution < -0.4 is 10.2 Å². The van der Waals surface area contributed by atoms with E-state index in [9.17, 15) is 4.79 Å². The van der Waals surface area contributed by atoms with E-state index in [1.54, 1.807) is 0 Å². The van der Waals surface area contributed by atoms with Crippen molar-refractivity contribution < 1.29 is 9.69 Å². The summed E-state index contributed by atoms with van der Waals surface area (Å²) in [4.78, 5) is 13.6. The van der Waals surface area contributed by atoms with Crippen molar-refractivity contribution >= 4 is 23.2 Å². The number of amides is 1. The predicted octanol–water partition coefficient (Wildman–Crippen LogP) is 3.58. The molecule has 0 aliphatic heterocycles. The average molecular weight is 380 g/mol. The molecule has 0 heterocycles. The van der Waals surface area contributed by atoms with Gasteiger partial charge >= 0.3 is 0 Å². The maximum Gasteiger partial charge on any atom is 0.279 e. The van der Waals surface area contributed by atoms with Crippen molar-refractivity contribution in [2.45, 2.75) is 13.0 Å². The molecule has 2 N–H and O–H groups in total. The van der Waals surface area contributed by atoms with Crippen molar-refractivity contribution in [2.75, 3.05) is 18.9 Å². The van der Waals surface area contributed by atoms with Crippen LogP contribution in [0.15, 0.2) is 78.9 Å².